The molecule has 1 heterocycles. The molecule has 2 aromatic carbocycles. The number of hydrogen-bond donors (Lipinski definition) is 1. The third kappa shape index (κ3) is 3.90. The number of anilines is 1. The summed E-state index contributed by atoms with van der Waals surface area (Å²) in [6.07, 6.45) is 0.855. The minimum Gasteiger partial charge on any atom is -0.494 e. The van der Waals surface area contributed by atoms with Crippen LogP contribution in [0, 0.1) is 11.3 Å². The molecule has 6 heteroatoms. The molecule has 0 aliphatic heterocycles. The lowest BCUT2D eigenvalue weighted by Gasteiger charge is -2.10. The van der Waals surface area contributed by atoms with Crippen molar-refractivity contribution < 1.29 is 8.95 Å². The Hall–Kier alpha value is -2.78. The topological polar surface area (TPSA) is 67.1 Å². The highest BCUT2D eigenvalue weighted by Gasteiger charge is 2.18. The van der Waals surface area contributed by atoms with Crippen LogP contribution in [0.4, 0.5) is 5.69 Å². The summed E-state index contributed by atoms with van der Waals surface area (Å²) < 4.78 is 22.8. The molecule has 0 saturated carbocycles. The van der Waals surface area contributed by atoms with Gasteiger partial charge in [0.15, 0.2) is 0 Å². The molecular weight excluding hydrogens is 370 g/mol. The lowest BCUT2D eigenvalue weighted by atomic mass is 10.1. The largest absolute Gasteiger partial charge is 0.494 e. The summed E-state index contributed by atoms with van der Waals surface area (Å²) in [5.74, 6) is 1.42. The van der Waals surface area contributed by atoms with E-state index in [1.807, 2.05) is 56.3 Å². The zero-order chi connectivity index (χ0) is 20.1. The van der Waals surface area contributed by atoms with Crippen molar-refractivity contribution in [1.29, 1.82) is 5.26 Å². The van der Waals surface area contributed by atoms with E-state index in [0.717, 1.165) is 46.6 Å². The predicted octanol–water partition coefficient (Wildman–Crippen LogP) is 5.08. The average Bonchev–Trinajstić information content (AvgIpc) is 3.01. The number of rotatable bonds is 8. The monoisotopic (exact) mass is 395 g/mol. The number of nitrogens with zero attached hydrogens (tertiary/aromatic N) is 2. The zero-order valence-corrected chi connectivity index (χ0v) is 17.3. The van der Waals surface area contributed by atoms with Gasteiger partial charge in [-0.25, -0.2) is 4.21 Å². The van der Waals surface area contributed by atoms with Gasteiger partial charge in [0.05, 0.1) is 23.4 Å². The summed E-state index contributed by atoms with van der Waals surface area (Å²) in [4.78, 5) is 0. The van der Waals surface area contributed by atoms with Gasteiger partial charge in [0.2, 0.25) is 0 Å². The number of aromatic nitrogens is 1. The second-order valence-electron chi connectivity index (χ2n) is 6.42. The number of fused-ring (bicyclic) bond motifs is 1. The Morgan fingerprint density at radius 3 is 2.50 bits per heavy atom. The fourth-order valence-electron chi connectivity index (χ4n) is 3.40. The number of aryl methyl sites for hydroxylation is 1. The molecule has 3 rings (SSSR count). The van der Waals surface area contributed by atoms with Gasteiger partial charge in [-0.15, -0.1) is 0 Å². The van der Waals surface area contributed by atoms with Crippen molar-refractivity contribution in [1.82, 2.24) is 4.57 Å². The molecule has 1 atom stereocenters. The molecule has 0 radical (unpaired) electrons. The van der Waals surface area contributed by atoms with Crippen LogP contribution in [0.5, 0.6) is 5.75 Å². The van der Waals surface area contributed by atoms with Crippen LogP contribution < -0.4 is 9.46 Å². The number of hydrogen-bond acceptors (Lipinski definition) is 3. The second-order valence-corrected chi connectivity index (χ2v) is 7.72. The van der Waals surface area contributed by atoms with Crippen molar-refractivity contribution in [3.05, 3.63) is 48.0 Å². The number of nitrogens with one attached hydrogen (secondary N) is 1. The number of nitriles is 1. The first-order valence-corrected chi connectivity index (χ1v) is 10.9. The first-order valence-electron chi connectivity index (χ1n) is 9.57. The van der Waals surface area contributed by atoms with Crippen LogP contribution in [0.25, 0.3) is 22.2 Å². The molecule has 0 bridgehead atoms. The van der Waals surface area contributed by atoms with E-state index in [9.17, 15) is 9.47 Å². The Labute approximate surface area is 168 Å². The van der Waals surface area contributed by atoms with Gasteiger partial charge < -0.3 is 14.0 Å². The minimum absolute atomic E-state index is 0.605. The van der Waals surface area contributed by atoms with Crippen molar-refractivity contribution in [2.24, 2.45) is 0 Å². The summed E-state index contributed by atoms with van der Waals surface area (Å²) in [7, 11) is -1.10. The van der Waals surface area contributed by atoms with E-state index in [0.29, 0.717) is 17.9 Å². The Bertz CT molecular complexity index is 1030. The van der Waals surface area contributed by atoms with Gasteiger partial charge in [-0.05, 0) is 68.3 Å². The zero-order valence-electron chi connectivity index (χ0n) is 16.5. The molecule has 0 aliphatic rings. The van der Waals surface area contributed by atoms with Crippen molar-refractivity contribution in [2.45, 2.75) is 33.7 Å². The minimum atomic E-state index is -1.10. The summed E-state index contributed by atoms with van der Waals surface area (Å²) in [6.45, 7) is 7.37. The normalized spacial score (nSPS) is 11.9. The summed E-state index contributed by atoms with van der Waals surface area (Å²) in [5.41, 5.74) is 4.29. The molecule has 146 valence electrons. The highest BCUT2D eigenvalue weighted by Crippen LogP contribution is 2.35. The molecule has 0 saturated heterocycles. The van der Waals surface area contributed by atoms with Gasteiger partial charge in [0.25, 0.3) is 0 Å². The molecule has 1 N–H and O–H groups in total. The predicted molar refractivity (Wildman–Crippen MR) is 116 cm³/mol. The van der Waals surface area contributed by atoms with E-state index in [1.165, 1.54) is 0 Å². The van der Waals surface area contributed by atoms with Crippen LogP contribution in [-0.4, -0.2) is 21.1 Å². The maximum atomic E-state index is 12.1. The van der Waals surface area contributed by atoms with Crippen molar-refractivity contribution in [2.75, 3.05) is 17.1 Å². The van der Waals surface area contributed by atoms with E-state index < -0.39 is 11.0 Å². The van der Waals surface area contributed by atoms with Gasteiger partial charge >= 0.3 is 0 Å². The summed E-state index contributed by atoms with van der Waals surface area (Å²) >= 11 is 0. The van der Waals surface area contributed by atoms with Crippen LogP contribution in [0.15, 0.2) is 42.5 Å². The molecule has 1 aromatic heterocycles. The third-order valence-corrected chi connectivity index (χ3v) is 5.79. The number of ether oxygens (including phenoxy) is 1. The molecule has 3 aromatic rings. The van der Waals surface area contributed by atoms with E-state index in [4.69, 9.17) is 4.74 Å². The van der Waals surface area contributed by atoms with Gasteiger partial charge in [-0.2, -0.15) is 5.26 Å². The maximum absolute atomic E-state index is 12.1. The van der Waals surface area contributed by atoms with E-state index in [-0.39, 0.29) is 0 Å². The Morgan fingerprint density at radius 2 is 1.89 bits per heavy atom. The maximum Gasteiger partial charge on any atom is 0.119 e. The smallest absolute Gasteiger partial charge is 0.119 e. The molecule has 5 nitrogen and oxygen atoms in total. The van der Waals surface area contributed by atoms with Crippen LogP contribution in [0.3, 0.4) is 0 Å². The van der Waals surface area contributed by atoms with Crippen LogP contribution >= 0.6 is 0 Å². The van der Waals surface area contributed by atoms with Crippen LogP contribution in [0.2, 0.25) is 0 Å². The Morgan fingerprint density at radius 1 is 1.14 bits per heavy atom. The molecule has 0 fully saturated rings. The first kappa shape index (κ1) is 20.0. The lowest BCUT2D eigenvalue weighted by Crippen LogP contribution is -2.07. The highest BCUT2D eigenvalue weighted by atomic mass is 32.2. The molecule has 0 spiro atoms. The summed E-state index contributed by atoms with van der Waals surface area (Å²) in [6, 6.07) is 16.0. The molecular formula is C22H25N3O2S. The average molecular weight is 396 g/mol. The quantitative estimate of drug-likeness (QED) is 0.578. The third-order valence-electron chi connectivity index (χ3n) is 4.55. The first-order chi connectivity index (χ1) is 13.6. The van der Waals surface area contributed by atoms with Gasteiger partial charge in [-0.3, -0.25) is 0 Å². The standard InChI is InChI=1S/C22H25N3O2S/c1-4-13-28(26)24-17-9-12-19-20(15-23)22(25(5-2)21(19)14-17)16-7-10-18(11-8-16)27-6-3/h7-12,14,24H,4-6,13H2,1-3H3. The lowest BCUT2D eigenvalue weighted by molar-refractivity contribution is 0.340. The molecule has 0 amide bonds. The van der Waals surface area contributed by atoms with Crippen molar-refractivity contribution >= 4 is 27.6 Å². The van der Waals surface area contributed by atoms with Gasteiger partial charge in [0, 0.05) is 23.4 Å². The van der Waals surface area contributed by atoms with Crippen molar-refractivity contribution in [3.8, 4) is 23.1 Å². The van der Waals surface area contributed by atoms with E-state index >= 15 is 0 Å². The number of benzene rings is 2. The van der Waals surface area contributed by atoms with E-state index in [2.05, 4.69) is 22.3 Å². The van der Waals surface area contributed by atoms with Crippen molar-refractivity contribution in [3.63, 3.8) is 0 Å². The summed E-state index contributed by atoms with van der Waals surface area (Å²) in [5, 5.41) is 10.8. The highest BCUT2D eigenvalue weighted by molar-refractivity contribution is 7.86. The fourth-order valence-corrected chi connectivity index (χ4v) is 4.26. The Kier molecular flexibility index (Phi) is 6.37. The second kappa shape index (κ2) is 8.94. The van der Waals surface area contributed by atoms with Crippen LogP contribution in [0.1, 0.15) is 32.8 Å². The molecule has 1 unspecified atom stereocenters. The van der Waals surface area contributed by atoms with Gasteiger partial charge in [0.1, 0.15) is 22.8 Å². The molecule has 28 heavy (non-hydrogen) atoms. The van der Waals surface area contributed by atoms with Crippen LogP contribution in [-0.2, 0) is 17.5 Å². The fraction of sp³-hybridized carbons (Fsp3) is 0.318. The SMILES string of the molecule is CCCS(=O)Nc1ccc2c(C#N)c(-c3ccc(OCC)cc3)n(CC)c2c1. The van der Waals surface area contributed by atoms with Gasteiger partial charge in [-0.1, -0.05) is 6.92 Å². The molecule has 0 aliphatic carbocycles. The Balaban J connectivity index is 2.11. The van der Waals surface area contributed by atoms with E-state index in [1.54, 1.807) is 0 Å².